The number of carbonyl (C=O) groups is 1. The summed E-state index contributed by atoms with van der Waals surface area (Å²) in [6.45, 7) is 6.83. The van der Waals surface area contributed by atoms with Crippen LogP contribution in [0.4, 0.5) is 0 Å². The van der Waals surface area contributed by atoms with Crippen molar-refractivity contribution in [3.05, 3.63) is 59.2 Å². The molecule has 1 saturated heterocycles. The first-order valence-electron chi connectivity index (χ1n) is 9.98. The first-order chi connectivity index (χ1) is 14.5. The van der Waals surface area contributed by atoms with Crippen molar-refractivity contribution in [2.45, 2.75) is 38.4 Å². The summed E-state index contributed by atoms with van der Waals surface area (Å²) in [7, 11) is 1.60. The van der Waals surface area contributed by atoms with E-state index in [0.29, 0.717) is 35.6 Å². The number of methoxy groups -OCH3 is 1. The highest BCUT2D eigenvalue weighted by atomic mass is 32.2. The summed E-state index contributed by atoms with van der Waals surface area (Å²) in [5, 5.41) is 11.4. The van der Waals surface area contributed by atoms with Crippen LogP contribution >= 0.6 is 11.8 Å². The molecule has 2 aromatic rings. The third-order valence-corrected chi connectivity index (χ3v) is 5.76. The Morgan fingerprint density at radius 3 is 2.60 bits per heavy atom. The first kappa shape index (κ1) is 21.9. The van der Waals surface area contributed by atoms with E-state index in [1.807, 2.05) is 25.1 Å². The Balaban J connectivity index is 1.61. The van der Waals surface area contributed by atoms with E-state index in [0.717, 1.165) is 11.1 Å². The Bertz CT molecular complexity index is 939. The van der Waals surface area contributed by atoms with E-state index >= 15 is 0 Å². The van der Waals surface area contributed by atoms with Crippen molar-refractivity contribution >= 4 is 29.1 Å². The van der Waals surface area contributed by atoms with Crippen molar-refractivity contribution in [3.63, 3.8) is 0 Å². The Labute approximate surface area is 181 Å². The smallest absolute Gasteiger partial charge is 0.239 e. The quantitative estimate of drug-likeness (QED) is 0.503. The molecule has 7 heteroatoms. The molecule has 1 unspecified atom stereocenters. The summed E-state index contributed by atoms with van der Waals surface area (Å²) < 4.78 is 10.9. The average Bonchev–Trinajstić information content (AvgIpc) is 3.08. The number of nitrogens with one attached hydrogen (secondary N) is 1. The van der Waals surface area contributed by atoms with E-state index in [1.165, 1.54) is 17.3 Å². The van der Waals surface area contributed by atoms with Crippen LogP contribution in [0.2, 0.25) is 0 Å². The van der Waals surface area contributed by atoms with Gasteiger partial charge < -0.3 is 14.8 Å². The number of carbonyl (C=O) groups excluding carboxylic acids is 1. The average molecular weight is 426 g/mol. The zero-order chi connectivity index (χ0) is 21.5. The van der Waals surface area contributed by atoms with Gasteiger partial charge in [-0.15, -0.1) is 5.10 Å². The van der Waals surface area contributed by atoms with Gasteiger partial charge >= 0.3 is 0 Å². The van der Waals surface area contributed by atoms with Crippen molar-refractivity contribution < 1.29 is 14.3 Å². The van der Waals surface area contributed by atoms with Crippen LogP contribution in [-0.4, -0.2) is 36.3 Å². The number of hydrogen-bond acceptors (Lipinski definition) is 6. The van der Waals surface area contributed by atoms with Crippen LogP contribution in [0.3, 0.4) is 0 Å². The lowest BCUT2D eigenvalue weighted by molar-refractivity contribution is -0.118. The third-order valence-electron chi connectivity index (χ3n) is 4.69. The Morgan fingerprint density at radius 2 is 1.93 bits per heavy atom. The zero-order valence-corrected chi connectivity index (χ0v) is 18.5. The van der Waals surface area contributed by atoms with Crippen LogP contribution in [0.15, 0.2) is 52.7 Å². The second-order valence-electron chi connectivity index (χ2n) is 7.19. The van der Waals surface area contributed by atoms with Gasteiger partial charge in [0.05, 0.1) is 25.2 Å². The molecule has 0 aliphatic carbocycles. The molecule has 0 radical (unpaired) electrons. The number of nitrogens with zero attached hydrogens (tertiary/aromatic N) is 2. The van der Waals surface area contributed by atoms with Crippen LogP contribution in [-0.2, 0) is 11.2 Å². The van der Waals surface area contributed by atoms with Crippen LogP contribution < -0.4 is 14.8 Å². The highest BCUT2D eigenvalue weighted by molar-refractivity contribution is 8.15. The molecule has 3 rings (SSSR count). The van der Waals surface area contributed by atoms with E-state index in [9.17, 15) is 4.79 Å². The number of benzene rings is 2. The molecule has 0 spiro atoms. The molecule has 158 valence electrons. The number of rotatable bonds is 8. The lowest BCUT2D eigenvalue weighted by atomic mass is 10.0. The van der Waals surface area contributed by atoms with Gasteiger partial charge in [-0.1, -0.05) is 49.9 Å². The molecule has 1 aliphatic rings. The first-order valence-corrected chi connectivity index (χ1v) is 10.9. The Hall–Kier alpha value is -2.80. The second kappa shape index (κ2) is 10.3. The molecule has 1 heterocycles. The van der Waals surface area contributed by atoms with Crippen molar-refractivity contribution in [2.24, 2.45) is 10.2 Å². The van der Waals surface area contributed by atoms with Gasteiger partial charge in [0.25, 0.3) is 0 Å². The van der Waals surface area contributed by atoms with E-state index in [-0.39, 0.29) is 11.2 Å². The summed E-state index contributed by atoms with van der Waals surface area (Å²) in [6, 6.07) is 14.0. The number of amidine groups is 1. The predicted molar refractivity (Wildman–Crippen MR) is 123 cm³/mol. The van der Waals surface area contributed by atoms with E-state index in [2.05, 4.69) is 53.6 Å². The lowest BCUT2D eigenvalue weighted by Crippen LogP contribution is -2.25. The second-order valence-corrected chi connectivity index (χ2v) is 8.38. The van der Waals surface area contributed by atoms with Gasteiger partial charge in [-0.05, 0) is 54.2 Å². The molecule has 1 amide bonds. The molecule has 30 heavy (non-hydrogen) atoms. The number of amides is 1. The van der Waals surface area contributed by atoms with Gasteiger partial charge in [0.2, 0.25) is 5.91 Å². The maximum atomic E-state index is 12.3. The molecule has 1 fully saturated rings. The fraction of sp³-hybridized carbons (Fsp3) is 0.348. The minimum Gasteiger partial charge on any atom is -0.493 e. The van der Waals surface area contributed by atoms with Gasteiger partial charge in [-0.2, -0.15) is 5.10 Å². The molecular formula is C23H27N3O3S. The fourth-order valence-electron chi connectivity index (χ4n) is 3.03. The molecule has 0 saturated carbocycles. The topological polar surface area (TPSA) is 72.3 Å². The summed E-state index contributed by atoms with van der Waals surface area (Å²) in [4.78, 5) is 12.3. The maximum Gasteiger partial charge on any atom is 0.239 e. The van der Waals surface area contributed by atoms with Gasteiger partial charge in [0.1, 0.15) is 0 Å². The molecule has 1 atom stereocenters. The third kappa shape index (κ3) is 5.63. The van der Waals surface area contributed by atoms with Crippen molar-refractivity contribution in [3.8, 4) is 11.5 Å². The van der Waals surface area contributed by atoms with Gasteiger partial charge in [-0.25, -0.2) is 0 Å². The van der Waals surface area contributed by atoms with Crippen LogP contribution in [0.5, 0.6) is 11.5 Å². The number of thioether (sulfide) groups is 1. The summed E-state index contributed by atoms with van der Waals surface area (Å²) in [5.41, 5.74) is 3.26. The normalized spacial score (nSPS) is 17.7. The molecule has 1 aliphatic heterocycles. The van der Waals surface area contributed by atoms with E-state index in [1.54, 1.807) is 13.3 Å². The van der Waals surface area contributed by atoms with E-state index in [4.69, 9.17) is 9.47 Å². The van der Waals surface area contributed by atoms with Gasteiger partial charge in [0, 0.05) is 0 Å². The summed E-state index contributed by atoms with van der Waals surface area (Å²) in [6.07, 6.45) is 2.28. The minimum atomic E-state index is -0.200. The van der Waals surface area contributed by atoms with Gasteiger partial charge in [0.15, 0.2) is 16.7 Å². The molecule has 2 aromatic carbocycles. The molecule has 1 N–H and O–H groups in total. The standard InChI is InChI=1S/C23H27N3O3S/c1-5-29-19-11-8-17(12-20(19)28-4)14-24-26-23-25-22(27)21(30-23)13-16-6-9-18(10-7-16)15(2)3/h6-12,14-15,21H,5,13H2,1-4H3,(H,25,26,27)/b24-14+. The molecule has 6 nitrogen and oxygen atoms in total. The highest BCUT2D eigenvalue weighted by Gasteiger charge is 2.30. The highest BCUT2D eigenvalue weighted by Crippen LogP contribution is 2.28. The summed E-state index contributed by atoms with van der Waals surface area (Å²) in [5.74, 6) is 1.78. The lowest BCUT2D eigenvalue weighted by Gasteiger charge is -2.09. The van der Waals surface area contributed by atoms with Crippen LogP contribution in [0.25, 0.3) is 0 Å². The molecule has 0 aromatic heterocycles. The molecular weight excluding hydrogens is 398 g/mol. The van der Waals surface area contributed by atoms with E-state index < -0.39 is 0 Å². The van der Waals surface area contributed by atoms with Crippen molar-refractivity contribution in [1.29, 1.82) is 0 Å². The van der Waals surface area contributed by atoms with Crippen molar-refractivity contribution in [2.75, 3.05) is 13.7 Å². The number of ether oxygens (including phenoxy) is 2. The molecule has 0 bridgehead atoms. The monoisotopic (exact) mass is 425 g/mol. The van der Waals surface area contributed by atoms with Crippen LogP contribution in [0, 0.1) is 0 Å². The zero-order valence-electron chi connectivity index (χ0n) is 17.7. The Morgan fingerprint density at radius 1 is 1.17 bits per heavy atom. The number of hydrogen-bond donors (Lipinski definition) is 1. The predicted octanol–water partition coefficient (Wildman–Crippen LogP) is 4.38. The van der Waals surface area contributed by atoms with Crippen LogP contribution in [0.1, 0.15) is 43.4 Å². The van der Waals surface area contributed by atoms with Crippen molar-refractivity contribution in [1.82, 2.24) is 5.32 Å². The SMILES string of the molecule is CCOc1ccc(/C=N/N=C2\NC(=O)C(Cc3ccc(C(C)C)cc3)S2)cc1OC. The fourth-order valence-corrected chi connectivity index (χ4v) is 3.99. The summed E-state index contributed by atoms with van der Waals surface area (Å²) >= 11 is 1.41. The van der Waals surface area contributed by atoms with Gasteiger partial charge in [-0.3, -0.25) is 4.79 Å². The Kier molecular flexibility index (Phi) is 7.52. The largest absolute Gasteiger partial charge is 0.493 e. The maximum absolute atomic E-state index is 12.3. The minimum absolute atomic E-state index is 0.0374.